The zero-order valence-corrected chi connectivity index (χ0v) is 16.6. The van der Waals surface area contributed by atoms with E-state index < -0.39 is 0 Å². The number of nitrogens with two attached hydrogens (primary N) is 1. The average molecular weight is 421 g/mol. The summed E-state index contributed by atoms with van der Waals surface area (Å²) in [5, 5.41) is 10.1. The first kappa shape index (κ1) is 18.1. The fourth-order valence-corrected chi connectivity index (χ4v) is 4.77. The number of aromatic nitrogens is 2. The molecular weight excluding hydrogens is 404 g/mol. The number of anilines is 2. The minimum absolute atomic E-state index is 0.0288. The van der Waals surface area contributed by atoms with Crippen molar-refractivity contribution in [3.05, 3.63) is 40.6 Å². The lowest BCUT2D eigenvalue weighted by Crippen LogP contribution is -2.31. The van der Waals surface area contributed by atoms with Crippen LogP contribution in [0.4, 0.5) is 10.8 Å². The number of rotatable bonds is 6. The van der Waals surface area contributed by atoms with Crippen LogP contribution in [0.1, 0.15) is 4.88 Å². The summed E-state index contributed by atoms with van der Waals surface area (Å²) >= 11 is 4.23. The van der Waals surface area contributed by atoms with Gasteiger partial charge in [-0.1, -0.05) is 29.2 Å². The fourth-order valence-electron chi connectivity index (χ4n) is 2.56. The van der Waals surface area contributed by atoms with Gasteiger partial charge in [0.2, 0.25) is 11.0 Å². The van der Waals surface area contributed by atoms with Crippen molar-refractivity contribution in [3.8, 4) is 11.5 Å². The number of ether oxygens (including phenoxy) is 2. The lowest BCUT2D eigenvalue weighted by molar-refractivity contribution is -0.116. The summed E-state index contributed by atoms with van der Waals surface area (Å²) in [6.07, 6.45) is 0. The van der Waals surface area contributed by atoms with E-state index >= 15 is 0 Å². The number of thioether (sulfide) groups is 1. The maximum Gasteiger partial charge on any atom is 0.237 e. The maximum atomic E-state index is 13.0. The maximum absolute atomic E-state index is 13.0. The molecule has 1 aliphatic rings. The number of carbonyl (C=O) groups excluding carboxylic acids is 1. The van der Waals surface area contributed by atoms with E-state index in [1.54, 1.807) is 16.2 Å². The Morgan fingerprint density at radius 1 is 1.22 bits per heavy atom. The van der Waals surface area contributed by atoms with E-state index in [2.05, 4.69) is 10.2 Å². The zero-order chi connectivity index (χ0) is 18.6. The number of benzene rings is 1. The Kier molecular flexibility index (Phi) is 5.46. The summed E-state index contributed by atoms with van der Waals surface area (Å²) in [7, 11) is 0. The standard InChI is InChI=1S/C17H16N4O3S3/c18-16-19-20-17(27-16)26-10-15(22)21(9-12-2-1-7-25-12)11-3-4-13-14(8-11)24-6-5-23-13/h1-4,7-8H,5-6,9-10H2,(H2,18,19). The summed E-state index contributed by atoms with van der Waals surface area (Å²) in [6.45, 7) is 1.53. The molecule has 0 spiro atoms. The first-order chi connectivity index (χ1) is 13.2. The van der Waals surface area contributed by atoms with Gasteiger partial charge in [0.05, 0.1) is 12.3 Å². The van der Waals surface area contributed by atoms with Gasteiger partial charge in [0.1, 0.15) is 13.2 Å². The van der Waals surface area contributed by atoms with Gasteiger partial charge in [-0.25, -0.2) is 0 Å². The lowest BCUT2D eigenvalue weighted by atomic mass is 10.2. The van der Waals surface area contributed by atoms with E-state index in [-0.39, 0.29) is 11.7 Å². The molecule has 2 N–H and O–H groups in total. The van der Waals surface area contributed by atoms with Crippen molar-refractivity contribution < 1.29 is 14.3 Å². The monoisotopic (exact) mass is 420 g/mol. The molecule has 0 aliphatic carbocycles. The Balaban J connectivity index is 1.55. The van der Waals surface area contributed by atoms with Gasteiger partial charge in [0.25, 0.3) is 0 Å². The van der Waals surface area contributed by atoms with E-state index in [1.165, 1.54) is 23.1 Å². The van der Waals surface area contributed by atoms with Gasteiger partial charge < -0.3 is 20.1 Å². The van der Waals surface area contributed by atoms with Crippen LogP contribution in [-0.4, -0.2) is 35.1 Å². The number of nitrogen functional groups attached to an aromatic ring is 1. The fraction of sp³-hybridized carbons (Fsp3) is 0.235. The van der Waals surface area contributed by atoms with Crippen molar-refractivity contribution in [1.82, 2.24) is 10.2 Å². The van der Waals surface area contributed by atoms with Crippen molar-refractivity contribution in [2.24, 2.45) is 0 Å². The van der Waals surface area contributed by atoms with Crippen LogP contribution in [0, 0.1) is 0 Å². The van der Waals surface area contributed by atoms with Gasteiger partial charge in [0.15, 0.2) is 15.8 Å². The molecule has 4 rings (SSSR count). The van der Waals surface area contributed by atoms with Gasteiger partial charge in [-0.2, -0.15) is 0 Å². The van der Waals surface area contributed by atoms with Gasteiger partial charge in [0, 0.05) is 16.6 Å². The normalized spacial score (nSPS) is 12.7. The third-order valence-electron chi connectivity index (χ3n) is 3.77. The van der Waals surface area contributed by atoms with Crippen LogP contribution in [0.15, 0.2) is 40.1 Å². The van der Waals surface area contributed by atoms with Crippen LogP contribution in [-0.2, 0) is 11.3 Å². The molecule has 1 amide bonds. The van der Waals surface area contributed by atoms with E-state index in [0.717, 1.165) is 10.6 Å². The largest absolute Gasteiger partial charge is 0.486 e. The predicted molar refractivity (Wildman–Crippen MR) is 108 cm³/mol. The number of fused-ring (bicyclic) bond motifs is 1. The van der Waals surface area contributed by atoms with Crippen molar-refractivity contribution in [2.45, 2.75) is 10.9 Å². The molecule has 3 aromatic rings. The average Bonchev–Trinajstić information content (AvgIpc) is 3.35. The minimum Gasteiger partial charge on any atom is -0.486 e. The van der Waals surface area contributed by atoms with Crippen LogP contribution < -0.4 is 20.1 Å². The van der Waals surface area contributed by atoms with Crippen molar-refractivity contribution in [3.63, 3.8) is 0 Å². The molecule has 0 radical (unpaired) electrons. The molecule has 140 valence electrons. The third-order valence-corrected chi connectivity index (χ3v) is 6.51. The SMILES string of the molecule is Nc1nnc(SCC(=O)N(Cc2cccs2)c2ccc3c(c2)OCCO3)s1. The van der Waals surface area contributed by atoms with E-state index in [1.807, 2.05) is 35.7 Å². The molecule has 1 aliphatic heterocycles. The highest BCUT2D eigenvalue weighted by atomic mass is 32.2. The summed E-state index contributed by atoms with van der Waals surface area (Å²) < 4.78 is 11.9. The van der Waals surface area contributed by atoms with Crippen LogP contribution in [0.5, 0.6) is 11.5 Å². The van der Waals surface area contributed by atoms with E-state index in [4.69, 9.17) is 15.2 Å². The number of hydrogen-bond donors (Lipinski definition) is 1. The Labute approximate surface area is 168 Å². The van der Waals surface area contributed by atoms with Crippen molar-refractivity contribution >= 4 is 51.2 Å². The number of carbonyl (C=O) groups is 1. The minimum atomic E-state index is -0.0288. The zero-order valence-electron chi connectivity index (χ0n) is 14.2. The molecule has 3 heterocycles. The Morgan fingerprint density at radius 2 is 2.07 bits per heavy atom. The van der Waals surface area contributed by atoms with E-state index in [9.17, 15) is 4.79 Å². The number of nitrogens with zero attached hydrogens (tertiary/aromatic N) is 3. The topological polar surface area (TPSA) is 90.6 Å². The highest BCUT2D eigenvalue weighted by Gasteiger charge is 2.21. The number of thiophene rings is 1. The molecule has 1 aromatic carbocycles. The molecule has 0 atom stereocenters. The molecule has 0 saturated carbocycles. The molecule has 0 saturated heterocycles. The molecule has 2 aromatic heterocycles. The number of hydrogen-bond acceptors (Lipinski definition) is 9. The van der Waals surface area contributed by atoms with Gasteiger partial charge >= 0.3 is 0 Å². The summed E-state index contributed by atoms with van der Waals surface area (Å²) in [4.78, 5) is 15.8. The first-order valence-corrected chi connectivity index (χ1v) is 10.8. The van der Waals surface area contributed by atoms with Gasteiger partial charge in [-0.05, 0) is 23.6 Å². The second-order valence-electron chi connectivity index (χ2n) is 5.58. The van der Waals surface area contributed by atoms with E-state index in [0.29, 0.717) is 40.7 Å². The van der Waals surface area contributed by atoms with Crippen LogP contribution in [0.3, 0.4) is 0 Å². The molecule has 10 heteroatoms. The highest BCUT2D eigenvalue weighted by molar-refractivity contribution is 8.01. The van der Waals surface area contributed by atoms with Crippen LogP contribution in [0.25, 0.3) is 0 Å². The Hall–Kier alpha value is -2.30. The van der Waals surface area contributed by atoms with Gasteiger partial charge in [-0.3, -0.25) is 4.79 Å². The Bertz CT molecular complexity index is 929. The molecule has 0 fully saturated rings. The summed E-state index contributed by atoms with van der Waals surface area (Å²) in [6, 6.07) is 9.57. The van der Waals surface area contributed by atoms with Gasteiger partial charge in [-0.15, -0.1) is 21.5 Å². The second-order valence-corrected chi connectivity index (χ2v) is 8.85. The number of amides is 1. The Morgan fingerprint density at radius 3 is 2.81 bits per heavy atom. The molecule has 7 nitrogen and oxygen atoms in total. The summed E-state index contributed by atoms with van der Waals surface area (Å²) in [5.74, 6) is 1.58. The van der Waals surface area contributed by atoms with Crippen LogP contribution in [0.2, 0.25) is 0 Å². The smallest absolute Gasteiger partial charge is 0.237 e. The first-order valence-electron chi connectivity index (χ1n) is 8.13. The molecule has 27 heavy (non-hydrogen) atoms. The molecular formula is C17H16N4O3S3. The predicted octanol–water partition coefficient (Wildman–Crippen LogP) is 3.28. The summed E-state index contributed by atoms with van der Waals surface area (Å²) in [5.41, 5.74) is 6.38. The lowest BCUT2D eigenvalue weighted by Gasteiger charge is -2.25. The quantitative estimate of drug-likeness (QED) is 0.612. The molecule has 0 unspecified atom stereocenters. The van der Waals surface area contributed by atoms with Crippen molar-refractivity contribution in [1.29, 1.82) is 0 Å². The third kappa shape index (κ3) is 4.34. The van der Waals surface area contributed by atoms with Crippen molar-refractivity contribution in [2.75, 3.05) is 29.6 Å². The second kappa shape index (κ2) is 8.15. The highest BCUT2D eigenvalue weighted by Crippen LogP contribution is 2.35. The molecule has 0 bridgehead atoms. The van der Waals surface area contributed by atoms with Crippen LogP contribution >= 0.6 is 34.4 Å².